The molecular formula is C22H22CmF3N4O3S-. The van der Waals surface area contributed by atoms with E-state index in [1.54, 1.807) is 13.0 Å². The molecule has 1 aliphatic rings. The quantitative estimate of drug-likeness (QED) is 0.377. The summed E-state index contributed by atoms with van der Waals surface area (Å²) in [6, 6.07) is 4.97. The molecule has 2 aromatic heterocycles. The van der Waals surface area contributed by atoms with Crippen molar-refractivity contribution < 1.29 is 26.3 Å². The first-order valence-electron chi connectivity index (χ1n) is 10.3. The molecule has 0 aliphatic carbocycles. The van der Waals surface area contributed by atoms with Gasteiger partial charge in [-0.2, -0.15) is 5.92 Å². The van der Waals surface area contributed by atoms with Crippen molar-refractivity contribution in [3.05, 3.63) is 59.0 Å². The van der Waals surface area contributed by atoms with Crippen LogP contribution in [0.4, 0.5) is 19.0 Å². The fourth-order valence-corrected chi connectivity index (χ4v) is 5.22. The van der Waals surface area contributed by atoms with Gasteiger partial charge in [-0.25, -0.2) is 31.6 Å². The first kappa shape index (κ1) is 24.6. The molecular weight excluding hydrogens is 704 g/mol. The second-order valence-corrected chi connectivity index (χ2v) is 10.1. The summed E-state index contributed by atoms with van der Waals surface area (Å²) in [5.74, 6) is 0.702. The van der Waals surface area contributed by atoms with Gasteiger partial charge in [0.2, 0.25) is 0 Å². The molecule has 0 amide bonds. The van der Waals surface area contributed by atoms with E-state index in [1.165, 1.54) is 25.6 Å². The van der Waals surface area contributed by atoms with E-state index >= 15 is 0 Å². The van der Waals surface area contributed by atoms with Gasteiger partial charge in [-0.3, -0.25) is 4.98 Å². The van der Waals surface area contributed by atoms with Gasteiger partial charge in [0.15, 0.2) is 0 Å². The minimum absolute atomic E-state index is 0. The number of nitrogens with one attached hydrogen (secondary N) is 1. The summed E-state index contributed by atoms with van der Waals surface area (Å²) in [6.07, 6.45) is -0.905. The average Bonchev–Trinajstić information content (AvgIpc) is 2.78. The number of sulfone groups is 1. The Morgan fingerprint density at radius 1 is 1.15 bits per heavy atom. The van der Waals surface area contributed by atoms with E-state index in [-0.39, 0.29) is 17.1 Å². The second-order valence-electron chi connectivity index (χ2n) is 7.81. The molecule has 3 heterocycles. The standard InChI is InChI=1S/C22H22F3N4O3S.Cm/c1-12(14-4-3-5-15(18(14)23)19(24)25)28-20-17-10-16(13-6-8-33(30,31)9-7-13)22(32-2)29-21(17)27-11-26-20;/h3-5,10-12,19H,6-9H2,1-2H3,(H,26,27,28,29);/q-1;/t12-;/m1./s1. The Hall–Kier alpha value is -4.08. The predicted molar refractivity (Wildman–Crippen MR) is 118 cm³/mol. The number of hydrogen-bond acceptors (Lipinski definition) is 7. The number of ether oxygens (including phenoxy) is 1. The van der Waals surface area contributed by atoms with Crippen molar-refractivity contribution in [2.45, 2.75) is 32.2 Å². The minimum Gasteiger partial charge on any atom is -0.537 e. The van der Waals surface area contributed by atoms with Crippen LogP contribution in [-0.2, 0) is 9.84 Å². The number of anilines is 1. The van der Waals surface area contributed by atoms with Gasteiger partial charge in [-0.05, 0) is 6.92 Å². The summed E-state index contributed by atoms with van der Waals surface area (Å²) >= 11 is 0. The smallest absolute Gasteiger partial charge is 0.266 e. The van der Waals surface area contributed by atoms with Gasteiger partial charge in [0.1, 0.15) is 39.3 Å². The minimum atomic E-state index is -3.06. The Labute approximate surface area is 189 Å². The number of fused-ring (bicyclic) bond motifs is 1. The molecule has 1 fully saturated rings. The predicted octanol–water partition coefficient (Wildman–Crippen LogP) is 4.41. The van der Waals surface area contributed by atoms with Crippen molar-refractivity contribution >= 4 is 26.7 Å². The Kier molecular flexibility index (Phi) is 6.80. The number of nitrogens with zero attached hydrogens (tertiary/aromatic N) is 3. The van der Waals surface area contributed by atoms with Gasteiger partial charge < -0.3 is 10.1 Å². The van der Waals surface area contributed by atoms with Crippen LogP contribution in [0.25, 0.3) is 11.0 Å². The molecule has 1 aromatic carbocycles. The Balaban J connectivity index is 0.00000324. The summed E-state index contributed by atoms with van der Waals surface area (Å²) in [6.45, 7) is 1.64. The first-order chi connectivity index (χ1) is 15.7. The Morgan fingerprint density at radius 2 is 1.82 bits per heavy atom. The van der Waals surface area contributed by atoms with Crippen LogP contribution in [0.3, 0.4) is 0 Å². The third-order valence-electron chi connectivity index (χ3n) is 5.71. The van der Waals surface area contributed by atoms with Crippen LogP contribution >= 0.6 is 0 Å². The largest absolute Gasteiger partial charge is 0.537 e. The zero-order chi connectivity index (χ0) is 23.8. The first-order valence-corrected chi connectivity index (χ1v) is 12.1. The number of aromatic nitrogens is 3. The molecule has 12 heteroatoms. The number of rotatable bonds is 6. The molecule has 1 atom stereocenters. The van der Waals surface area contributed by atoms with Crippen LogP contribution in [0.15, 0.2) is 30.6 Å². The summed E-state index contributed by atoms with van der Waals surface area (Å²) < 4.78 is 69.9. The second kappa shape index (κ2) is 9.42. The van der Waals surface area contributed by atoms with Crippen molar-refractivity contribution in [3.63, 3.8) is 0 Å². The van der Waals surface area contributed by atoms with Crippen molar-refractivity contribution in [1.29, 1.82) is 0 Å². The van der Waals surface area contributed by atoms with Crippen molar-refractivity contribution in [3.8, 4) is 5.88 Å². The molecule has 1 aliphatic heterocycles. The third-order valence-corrected chi connectivity index (χ3v) is 7.36. The van der Waals surface area contributed by atoms with E-state index in [9.17, 15) is 21.6 Å². The molecule has 1 saturated heterocycles. The normalized spacial score (nSPS) is 16.2. The van der Waals surface area contributed by atoms with Crippen LogP contribution in [-0.4, -0.2) is 42.0 Å². The van der Waals surface area contributed by atoms with Crippen molar-refractivity contribution in [1.82, 2.24) is 15.0 Å². The molecule has 0 unspecified atom stereocenters. The van der Waals surface area contributed by atoms with E-state index in [0.717, 1.165) is 12.0 Å². The summed E-state index contributed by atoms with van der Waals surface area (Å²) in [5, 5.41) is 3.59. The zero-order valence-electron chi connectivity index (χ0n) is 18.3. The van der Waals surface area contributed by atoms with Crippen LogP contribution < -0.4 is 10.1 Å². The van der Waals surface area contributed by atoms with E-state index in [4.69, 9.17) is 4.74 Å². The molecule has 4 rings (SSSR count). The Morgan fingerprint density at radius 3 is 2.47 bits per heavy atom. The zero-order valence-corrected chi connectivity index (χ0v) is 22.1. The topological polar surface area (TPSA) is 94.1 Å². The van der Waals surface area contributed by atoms with E-state index in [0.29, 0.717) is 41.1 Å². The van der Waals surface area contributed by atoms with Gasteiger partial charge in [-0.15, -0.1) is 11.6 Å². The fraction of sp³-hybridized carbons (Fsp3) is 0.364. The molecule has 0 spiro atoms. The number of benzene rings is 1. The van der Waals surface area contributed by atoms with Gasteiger partial charge in [0, 0.05) is 22.5 Å². The number of pyridine rings is 1. The molecule has 0 saturated carbocycles. The maximum absolute atomic E-state index is 14.6. The number of hydrogen-bond donors (Lipinski definition) is 1. The van der Waals surface area contributed by atoms with Crippen LogP contribution in [0.5, 0.6) is 5.88 Å². The van der Waals surface area contributed by atoms with Crippen LogP contribution in [0.1, 0.15) is 48.9 Å². The van der Waals surface area contributed by atoms with E-state index in [2.05, 4.69) is 20.3 Å². The number of methoxy groups -OCH3 is 1. The molecule has 34 heavy (non-hydrogen) atoms. The molecule has 184 valence electrons. The van der Waals surface area contributed by atoms with Gasteiger partial charge in [-0.1, -0.05) is 31.0 Å². The monoisotopic (exact) mass is 722 g/mol. The fourth-order valence-electron chi connectivity index (χ4n) is 3.90. The van der Waals surface area contributed by atoms with E-state index < -0.39 is 33.7 Å². The maximum atomic E-state index is 14.6. The summed E-state index contributed by atoms with van der Waals surface area (Å²) in [5.41, 5.74) is 0.404. The van der Waals surface area contributed by atoms with Crippen LogP contribution in [0, 0.1) is 11.7 Å². The number of halogens is 3. The summed E-state index contributed by atoms with van der Waals surface area (Å²) in [7, 11) is -1.59. The Bertz CT molecular complexity index is 1280. The summed E-state index contributed by atoms with van der Waals surface area (Å²) in [4.78, 5) is 12.9. The SMILES string of the molecule is COc1nc2ncnc(N[C@H](C)c3cccc(C(F)F)c3F)c2cc1[C-]1CCS(=O)(=O)CC1.[Cm]. The molecule has 0 radical (unpaired) electrons. The van der Waals surface area contributed by atoms with Crippen molar-refractivity contribution in [2.24, 2.45) is 0 Å². The molecule has 0 bridgehead atoms. The van der Waals surface area contributed by atoms with Crippen LogP contribution in [0.2, 0.25) is 0 Å². The average molecular weight is 727 g/mol. The van der Waals surface area contributed by atoms with Gasteiger partial charge >= 0.3 is 0 Å². The van der Waals surface area contributed by atoms with Crippen molar-refractivity contribution in [2.75, 3.05) is 23.9 Å². The van der Waals surface area contributed by atoms with E-state index in [1.807, 2.05) is 0 Å². The number of alkyl halides is 2. The third kappa shape index (κ3) is 4.66. The molecule has 7 nitrogen and oxygen atoms in total. The molecule has 3 aromatic rings. The van der Waals surface area contributed by atoms with Gasteiger partial charge in [0.05, 0.1) is 18.7 Å². The molecule has 1 N–H and O–H groups in total. The maximum Gasteiger partial charge on any atom is 0.266 e. The van der Waals surface area contributed by atoms with Gasteiger partial charge in [0.25, 0.3) is 6.43 Å².